The number of carbonyl (C=O) groups excluding carboxylic acids is 1. The smallest absolute Gasteiger partial charge is 0.225 e. The van der Waals surface area contributed by atoms with Gasteiger partial charge in [-0.25, -0.2) is 23.1 Å². The normalized spacial score (nSPS) is 15.7. The lowest BCUT2D eigenvalue weighted by molar-refractivity contribution is -0.131. The van der Waals surface area contributed by atoms with Gasteiger partial charge in [-0.05, 0) is 12.5 Å². The Morgan fingerprint density at radius 1 is 1.22 bits per heavy atom. The van der Waals surface area contributed by atoms with Crippen LogP contribution in [-0.2, 0) is 14.8 Å². The van der Waals surface area contributed by atoms with E-state index in [9.17, 15) is 13.2 Å². The summed E-state index contributed by atoms with van der Waals surface area (Å²) < 4.78 is 25.5. The van der Waals surface area contributed by atoms with Crippen LogP contribution in [0.25, 0.3) is 0 Å². The first-order chi connectivity index (χ1) is 11.0. The average Bonchev–Trinajstić information content (AvgIpc) is 2.55. The first kappa shape index (κ1) is 17.6. The van der Waals surface area contributed by atoms with E-state index < -0.39 is 10.0 Å². The van der Waals surface area contributed by atoms with Gasteiger partial charge in [-0.3, -0.25) is 4.79 Å². The summed E-state index contributed by atoms with van der Waals surface area (Å²) in [7, 11) is -3.25. The summed E-state index contributed by atoms with van der Waals surface area (Å²) in [5.74, 6) is 0.737. The topological polar surface area (TPSA) is 95.5 Å². The van der Waals surface area contributed by atoms with Gasteiger partial charge in [0.25, 0.3) is 0 Å². The number of nitrogens with zero attached hydrogens (tertiary/aromatic N) is 4. The van der Waals surface area contributed by atoms with E-state index in [4.69, 9.17) is 0 Å². The maximum atomic E-state index is 12.1. The minimum atomic E-state index is -3.25. The number of nitrogens with one attached hydrogen (secondary N) is 1. The van der Waals surface area contributed by atoms with Crippen molar-refractivity contribution in [3.63, 3.8) is 0 Å². The highest BCUT2D eigenvalue weighted by Gasteiger charge is 2.22. The Kier molecular flexibility index (Phi) is 6.28. The minimum absolute atomic E-state index is 0.0298. The fraction of sp³-hybridized carbons (Fsp3) is 0.643. The summed E-state index contributed by atoms with van der Waals surface area (Å²) in [5, 5.41) is 0. The van der Waals surface area contributed by atoms with Gasteiger partial charge >= 0.3 is 0 Å². The molecule has 1 aliphatic rings. The molecule has 2 heterocycles. The lowest BCUT2D eigenvalue weighted by Gasteiger charge is -2.34. The van der Waals surface area contributed by atoms with E-state index in [-0.39, 0.29) is 24.6 Å². The number of aromatic nitrogens is 2. The molecule has 23 heavy (non-hydrogen) atoms. The van der Waals surface area contributed by atoms with Crippen LogP contribution in [0.2, 0.25) is 0 Å². The van der Waals surface area contributed by atoms with E-state index >= 15 is 0 Å². The quantitative estimate of drug-likeness (QED) is 0.741. The van der Waals surface area contributed by atoms with Gasteiger partial charge in [0.1, 0.15) is 0 Å². The SMILES string of the molecule is CCCS(=O)(=O)NCCC(=O)N1CCN(c2ncccn2)CC1. The van der Waals surface area contributed by atoms with Gasteiger partial charge in [-0.15, -0.1) is 0 Å². The lowest BCUT2D eigenvalue weighted by Crippen LogP contribution is -2.49. The molecule has 0 aliphatic carbocycles. The molecule has 0 atom stereocenters. The second kappa shape index (κ2) is 8.21. The molecule has 0 radical (unpaired) electrons. The zero-order valence-electron chi connectivity index (χ0n) is 13.3. The molecule has 8 nitrogen and oxygen atoms in total. The number of amides is 1. The Labute approximate surface area is 137 Å². The van der Waals surface area contributed by atoms with Crippen LogP contribution >= 0.6 is 0 Å². The van der Waals surface area contributed by atoms with Crippen molar-refractivity contribution in [2.45, 2.75) is 19.8 Å². The summed E-state index contributed by atoms with van der Waals surface area (Å²) in [6.07, 6.45) is 4.14. The van der Waals surface area contributed by atoms with Crippen molar-refractivity contribution in [2.24, 2.45) is 0 Å². The van der Waals surface area contributed by atoms with Gasteiger partial charge in [-0.2, -0.15) is 0 Å². The van der Waals surface area contributed by atoms with E-state index in [1.165, 1.54) is 0 Å². The first-order valence-electron chi connectivity index (χ1n) is 7.79. The first-order valence-corrected chi connectivity index (χ1v) is 9.44. The molecular formula is C14H23N5O3S. The summed E-state index contributed by atoms with van der Waals surface area (Å²) in [5.41, 5.74) is 0. The van der Waals surface area contributed by atoms with Crippen molar-refractivity contribution >= 4 is 21.9 Å². The van der Waals surface area contributed by atoms with E-state index in [0.29, 0.717) is 38.5 Å². The molecule has 1 aromatic rings. The Balaban J connectivity index is 1.74. The second-order valence-corrected chi connectivity index (χ2v) is 7.31. The third kappa shape index (κ3) is 5.43. The number of anilines is 1. The molecule has 0 bridgehead atoms. The van der Waals surface area contributed by atoms with Crippen molar-refractivity contribution < 1.29 is 13.2 Å². The van der Waals surface area contributed by atoms with Gasteiger partial charge in [-0.1, -0.05) is 6.92 Å². The molecule has 9 heteroatoms. The average molecular weight is 341 g/mol. The lowest BCUT2D eigenvalue weighted by atomic mass is 10.3. The summed E-state index contributed by atoms with van der Waals surface area (Å²) in [6.45, 7) is 4.51. The molecule has 0 aromatic carbocycles. The van der Waals surface area contributed by atoms with Crippen LogP contribution in [0.15, 0.2) is 18.5 Å². The third-order valence-electron chi connectivity index (χ3n) is 3.60. The molecule has 1 N–H and O–H groups in total. The van der Waals surface area contributed by atoms with E-state index in [2.05, 4.69) is 14.7 Å². The summed E-state index contributed by atoms with van der Waals surface area (Å²) in [4.78, 5) is 24.3. The highest BCUT2D eigenvalue weighted by atomic mass is 32.2. The largest absolute Gasteiger partial charge is 0.339 e. The Bertz CT molecular complexity index is 600. The highest BCUT2D eigenvalue weighted by Crippen LogP contribution is 2.10. The summed E-state index contributed by atoms with van der Waals surface area (Å²) in [6, 6.07) is 1.77. The van der Waals surface area contributed by atoms with Crippen LogP contribution in [0, 0.1) is 0 Å². The van der Waals surface area contributed by atoms with Crippen molar-refractivity contribution in [3.8, 4) is 0 Å². The Hall–Kier alpha value is -1.74. The molecule has 0 saturated carbocycles. The fourth-order valence-corrected chi connectivity index (χ4v) is 3.52. The van der Waals surface area contributed by atoms with Gasteiger partial charge in [0.05, 0.1) is 5.75 Å². The molecule has 1 aromatic heterocycles. The molecule has 0 spiro atoms. The molecular weight excluding hydrogens is 318 g/mol. The predicted octanol–water partition coefficient (Wildman–Crippen LogP) is -0.155. The van der Waals surface area contributed by atoms with Gasteiger partial charge in [0.2, 0.25) is 21.9 Å². The van der Waals surface area contributed by atoms with Crippen molar-refractivity contribution in [2.75, 3.05) is 43.4 Å². The maximum Gasteiger partial charge on any atom is 0.225 e. The Morgan fingerprint density at radius 3 is 2.48 bits per heavy atom. The highest BCUT2D eigenvalue weighted by molar-refractivity contribution is 7.89. The van der Waals surface area contributed by atoms with Crippen LogP contribution in [0.5, 0.6) is 0 Å². The van der Waals surface area contributed by atoms with Crippen LogP contribution in [-0.4, -0.2) is 67.7 Å². The third-order valence-corrected chi connectivity index (χ3v) is 5.19. The number of carbonyl (C=O) groups is 1. The zero-order valence-corrected chi connectivity index (χ0v) is 14.1. The van der Waals surface area contributed by atoms with Crippen LogP contribution < -0.4 is 9.62 Å². The molecule has 1 saturated heterocycles. The minimum Gasteiger partial charge on any atom is -0.339 e. The zero-order chi connectivity index (χ0) is 16.7. The van der Waals surface area contributed by atoms with Crippen molar-refractivity contribution in [3.05, 3.63) is 18.5 Å². The van der Waals surface area contributed by atoms with Crippen LogP contribution in [0.3, 0.4) is 0 Å². The monoisotopic (exact) mass is 341 g/mol. The second-order valence-electron chi connectivity index (χ2n) is 5.38. The van der Waals surface area contributed by atoms with Crippen LogP contribution in [0.1, 0.15) is 19.8 Å². The van der Waals surface area contributed by atoms with Crippen molar-refractivity contribution in [1.82, 2.24) is 19.6 Å². The van der Waals surface area contributed by atoms with Gasteiger partial charge < -0.3 is 9.80 Å². The molecule has 0 unspecified atom stereocenters. The van der Waals surface area contributed by atoms with E-state index in [1.807, 2.05) is 4.90 Å². The predicted molar refractivity (Wildman–Crippen MR) is 87.5 cm³/mol. The van der Waals surface area contributed by atoms with Gasteiger partial charge in [0, 0.05) is 51.5 Å². The molecule has 1 amide bonds. The van der Waals surface area contributed by atoms with E-state index in [0.717, 1.165) is 0 Å². The molecule has 1 fully saturated rings. The van der Waals surface area contributed by atoms with Crippen LogP contribution in [0.4, 0.5) is 5.95 Å². The fourth-order valence-electron chi connectivity index (χ4n) is 2.42. The molecule has 1 aliphatic heterocycles. The van der Waals surface area contributed by atoms with E-state index in [1.54, 1.807) is 30.3 Å². The molecule has 2 rings (SSSR count). The standard InChI is InChI=1S/C14H23N5O3S/c1-2-12-23(21,22)17-7-4-13(20)18-8-10-19(11-9-18)14-15-5-3-6-16-14/h3,5-6,17H,2,4,7-12H2,1H3. The number of piperazine rings is 1. The maximum absolute atomic E-state index is 12.1. The number of sulfonamides is 1. The summed E-state index contributed by atoms with van der Waals surface area (Å²) >= 11 is 0. The van der Waals surface area contributed by atoms with Crippen molar-refractivity contribution in [1.29, 1.82) is 0 Å². The Morgan fingerprint density at radius 2 is 1.87 bits per heavy atom. The number of hydrogen-bond acceptors (Lipinski definition) is 6. The number of hydrogen-bond donors (Lipinski definition) is 1. The number of rotatable bonds is 7. The molecule has 128 valence electrons. The van der Waals surface area contributed by atoms with Gasteiger partial charge in [0.15, 0.2) is 0 Å².